The summed E-state index contributed by atoms with van der Waals surface area (Å²) >= 11 is 3.40. The maximum atomic E-state index is 11.6. The van der Waals surface area contributed by atoms with E-state index in [1.165, 1.54) is 7.11 Å². The fourth-order valence-corrected chi connectivity index (χ4v) is 2.23. The number of pyridine rings is 1. The van der Waals surface area contributed by atoms with Crippen molar-refractivity contribution in [3.63, 3.8) is 0 Å². The van der Waals surface area contributed by atoms with E-state index in [1.807, 2.05) is 6.07 Å². The van der Waals surface area contributed by atoms with E-state index in [1.54, 1.807) is 12.4 Å². The van der Waals surface area contributed by atoms with Crippen LogP contribution in [0.15, 0.2) is 22.9 Å². The summed E-state index contributed by atoms with van der Waals surface area (Å²) in [5.41, 5.74) is 1.05. The monoisotopic (exact) mass is 298 g/mol. The van der Waals surface area contributed by atoms with Crippen LogP contribution in [0.5, 0.6) is 0 Å². The molecule has 1 heterocycles. The number of hydrogen-bond acceptors (Lipinski definition) is 3. The number of methoxy groups -OCH3 is 1. The molecule has 1 amide bonds. The van der Waals surface area contributed by atoms with E-state index in [0.717, 1.165) is 22.9 Å². The minimum absolute atomic E-state index is 0.0580. The first kappa shape index (κ1) is 12.5. The zero-order valence-electron chi connectivity index (χ0n) is 9.65. The Bertz CT molecular complexity index is 407. The fraction of sp³-hybridized carbons (Fsp3) is 0.500. The molecule has 1 saturated carbocycles. The van der Waals surface area contributed by atoms with E-state index in [4.69, 9.17) is 4.74 Å². The van der Waals surface area contributed by atoms with Crippen molar-refractivity contribution in [2.24, 2.45) is 5.92 Å². The lowest BCUT2D eigenvalue weighted by molar-refractivity contribution is -0.125. The molecule has 4 nitrogen and oxygen atoms in total. The van der Waals surface area contributed by atoms with Crippen LogP contribution in [0.3, 0.4) is 0 Å². The third kappa shape index (κ3) is 3.51. The highest BCUT2D eigenvalue weighted by Crippen LogP contribution is 2.41. The summed E-state index contributed by atoms with van der Waals surface area (Å²) in [6.45, 7) is 0.102. The summed E-state index contributed by atoms with van der Waals surface area (Å²) in [6, 6.07) is 2.06. The Morgan fingerprint density at radius 1 is 1.65 bits per heavy atom. The van der Waals surface area contributed by atoms with E-state index >= 15 is 0 Å². The summed E-state index contributed by atoms with van der Waals surface area (Å²) < 4.78 is 5.76. The van der Waals surface area contributed by atoms with Crippen molar-refractivity contribution in [2.45, 2.75) is 18.9 Å². The molecule has 1 unspecified atom stereocenters. The Hall–Kier alpha value is -0.940. The van der Waals surface area contributed by atoms with Gasteiger partial charge in [0.1, 0.15) is 6.61 Å². The van der Waals surface area contributed by atoms with Gasteiger partial charge in [-0.3, -0.25) is 9.78 Å². The maximum Gasteiger partial charge on any atom is 0.246 e. The van der Waals surface area contributed by atoms with Crippen molar-refractivity contribution < 1.29 is 9.53 Å². The van der Waals surface area contributed by atoms with Crippen LogP contribution in [0.1, 0.15) is 24.4 Å². The average molecular weight is 299 g/mol. The predicted molar refractivity (Wildman–Crippen MR) is 67.4 cm³/mol. The van der Waals surface area contributed by atoms with E-state index in [9.17, 15) is 4.79 Å². The van der Waals surface area contributed by atoms with Crippen LogP contribution >= 0.6 is 15.9 Å². The first-order valence-electron chi connectivity index (χ1n) is 5.59. The molecule has 1 aromatic rings. The highest BCUT2D eigenvalue weighted by Gasteiger charge is 2.33. The van der Waals surface area contributed by atoms with Gasteiger partial charge in [0, 0.05) is 24.0 Å². The molecule has 1 atom stereocenters. The highest BCUT2D eigenvalue weighted by molar-refractivity contribution is 9.10. The summed E-state index contributed by atoms with van der Waals surface area (Å²) in [6.07, 6.45) is 5.86. The van der Waals surface area contributed by atoms with Crippen LogP contribution in [-0.2, 0) is 9.53 Å². The van der Waals surface area contributed by atoms with Gasteiger partial charge in [-0.1, -0.05) is 0 Å². The summed E-state index contributed by atoms with van der Waals surface area (Å²) in [4.78, 5) is 15.7. The van der Waals surface area contributed by atoms with Gasteiger partial charge in [0.05, 0.1) is 6.04 Å². The zero-order chi connectivity index (χ0) is 12.3. The number of aromatic nitrogens is 1. The molecule has 0 aliphatic heterocycles. The largest absolute Gasteiger partial charge is 0.375 e. The van der Waals surface area contributed by atoms with Gasteiger partial charge in [0.15, 0.2) is 0 Å². The van der Waals surface area contributed by atoms with Gasteiger partial charge in [-0.25, -0.2) is 0 Å². The van der Waals surface area contributed by atoms with Gasteiger partial charge in [0.25, 0.3) is 0 Å². The molecule has 92 valence electrons. The van der Waals surface area contributed by atoms with Crippen molar-refractivity contribution in [1.82, 2.24) is 10.3 Å². The molecule has 17 heavy (non-hydrogen) atoms. The third-order valence-electron chi connectivity index (χ3n) is 2.77. The second-order valence-electron chi connectivity index (χ2n) is 4.25. The second-order valence-corrected chi connectivity index (χ2v) is 5.17. The molecule has 0 saturated heterocycles. The topological polar surface area (TPSA) is 51.2 Å². The number of nitrogens with zero attached hydrogens (tertiary/aromatic N) is 1. The van der Waals surface area contributed by atoms with Crippen molar-refractivity contribution in [2.75, 3.05) is 13.7 Å². The number of carbonyl (C=O) groups excluding carboxylic acids is 1. The van der Waals surface area contributed by atoms with Crippen molar-refractivity contribution in [3.05, 3.63) is 28.5 Å². The summed E-state index contributed by atoms with van der Waals surface area (Å²) in [7, 11) is 1.52. The Morgan fingerprint density at radius 3 is 3.00 bits per heavy atom. The van der Waals surface area contributed by atoms with Crippen molar-refractivity contribution in [1.29, 1.82) is 0 Å². The number of rotatable bonds is 5. The second kappa shape index (κ2) is 5.60. The molecule has 1 fully saturated rings. The molecule has 0 aromatic carbocycles. The van der Waals surface area contributed by atoms with Crippen LogP contribution in [0, 0.1) is 5.92 Å². The molecule has 1 aromatic heterocycles. The van der Waals surface area contributed by atoms with Crippen LogP contribution in [0.2, 0.25) is 0 Å². The van der Waals surface area contributed by atoms with Crippen LogP contribution in [0.25, 0.3) is 0 Å². The smallest absolute Gasteiger partial charge is 0.246 e. The van der Waals surface area contributed by atoms with Crippen molar-refractivity contribution >= 4 is 21.8 Å². The molecule has 0 bridgehead atoms. The molecular weight excluding hydrogens is 284 g/mol. The molecule has 1 aliphatic carbocycles. The van der Waals surface area contributed by atoms with Gasteiger partial charge in [-0.15, -0.1) is 0 Å². The average Bonchev–Trinajstić information content (AvgIpc) is 3.10. The maximum absolute atomic E-state index is 11.6. The SMILES string of the molecule is COCC(=O)NC(c1cncc(Br)c1)C1CC1. The van der Waals surface area contributed by atoms with Gasteiger partial charge in [-0.05, 0) is 46.3 Å². The van der Waals surface area contributed by atoms with Crippen LogP contribution in [0.4, 0.5) is 0 Å². The Balaban J connectivity index is 2.09. The number of nitrogens with one attached hydrogen (secondary N) is 1. The van der Waals surface area contributed by atoms with Gasteiger partial charge in [0.2, 0.25) is 5.91 Å². The Morgan fingerprint density at radius 2 is 2.41 bits per heavy atom. The highest BCUT2D eigenvalue weighted by atomic mass is 79.9. The number of hydrogen-bond donors (Lipinski definition) is 1. The van der Waals surface area contributed by atoms with E-state index in [0.29, 0.717) is 5.92 Å². The normalized spacial score (nSPS) is 16.6. The quantitative estimate of drug-likeness (QED) is 0.905. The molecular formula is C12H15BrN2O2. The Labute approximate surface area is 109 Å². The van der Waals surface area contributed by atoms with Crippen molar-refractivity contribution in [3.8, 4) is 0 Å². The minimum Gasteiger partial charge on any atom is -0.375 e. The molecule has 0 radical (unpaired) electrons. The van der Waals surface area contributed by atoms with Gasteiger partial charge in [-0.2, -0.15) is 0 Å². The summed E-state index contributed by atoms with van der Waals surface area (Å²) in [5.74, 6) is 0.455. The number of amides is 1. The Kier molecular flexibility index (Phi) is 4.12. The third-order valence-corrected chi connectivity index (χ3v) is 3.20. The lowest BCUT2D eigenvalue weighted by atomic mass is 10.0. The first-order valence-corrected chi connectivity index (χ1v) is 6.38. The fourth-order valence-electron chi connectivity index (χ4n) is 1.85. The standard InChI is InChI=1S/C12H15BrN2O2/c1-17-7-11(16)15-12(8-2-3-8)9-4-10(13)6-14-5-9/h4-6,8,12H,2-3,7H2,1H3,(H,15,16). The molecule has 0 spiro atoms. The number of halogens is 1. The first-order chi connectivity index (χ1) is 8.20. The van der Waals surface area contributed by atoms with E-state index in [-0.39, 0.29) is 18.6 Å². The summed E-state index contributed by atoms with van der Waals surface area (Å²) in [5, 5.41) is 3.00. The van der Waals surface area contributed by atoms with Crippen LogP contribution in [-0.4, -0.2) is 24.6 Å². The minimum atomic E-state index is -0.0793. The van der Waals surface area contributed by atoms with E-state index < -0.39 is 0 Å². The lowest BCUT2D eigenvalue weighted by Gasteiger charge is -2.18. The van der Waals surface area contributed by atoms with Crippen LogP contribution < -0.4 is 5.32 Å². The zero-order valence-corrected chi connectivity index (χ0v) is 11.2. The molecule has 5 heteroatoms. The lowest BCUT2D eigenvalue weighted by Crippen LogP contribution is -2.32. The number of carbonyl (C=O) groups is 1. The molecule has 2 rings (SSSR count). The van der Waals surface area contributed by atoms with Gasteiger partial charge < -0.3 is 10.1 Å². The molecule has 1 N–H and O–H groups in total. The van der Waals surface area contributed by atoms with E-state index in [2.05, 4.69) is 26.2 Å². The predicted octanol–water partition coefficient (Wildman–Crippen LogP) is 2.06. The van der Waals surface area contributed by atoms with Gasteiger partial charge >= 0.3 is 0 Å². The number of ether oxygens (including phenoxy) is 1. The molecule has 1 aliphatic rings.